The lowest BCUT2D eigenvalue weighted by Gasteiger charge is -2.16. The largest absolute Gasteiger partial charge is 0.495 e. The maximum atomic E-state index is 12.3. The van der Waals surface area contributed by atoms with Crippen molar-refractivity contribution in [2.75, 3.05) is 33.1 Å². The van der Waals surface area contributed by atoms with Crippen LogP contribution < -0.4 is 10.1 Å². The summed E-state index contributed by atoms with van der Waals surface area (Å²) in [7, 11) is 0.600. The van der Waals surface area contributed by atoms with E-state index in [1.807, 2.05) is 0 Å². The molecule has 0 radical (unpaired) electrons. The molecule has 0 aromatic heterocycles. The van der Waals surface area contributed by atoms with Crippen LogP contribution in [-0.2, 0) is 19.6 Å². The molecule has 122 valence electrons. The first kappa shape index (κ1) is 16.7. The molecular formula is C14H20N2O5S. The van der Waals surface area contributed by atoms with E-state index in [0.717, 1.165) is 10.7 Å². The second-order valence-electron chi connectivity index (χ2n) is 5.14. The maximum Gasteiger partial charge on any atom is 0.253 e. The number of amides is 1. The highest BCUT2D eigenvalue weighted by Gasteiger charge is 2.26. The van der Waals surface area contributed by atoms with Gasteiger partial charge in [-0.05, 0) is 31.0 Å². The van der Waals surface area contributed by atoms with Gasteiger partial charge < -0.3 is 14.8 Å². The van der Waals surface area contributed by atoms with Crippen molar-refractivity contribution in [1.29, 1.82) is 0 Å². The van der Waals surface area contributed by atoms with Crippen molar-refractivity contribution in [3.8, 4) is 5.75 Å². The molecule has 0 bridgehead atoms. The molecule has 7 nitrogen and oxygen atoms in total. The number of rotatable bonds is 5. The molecule has 1 aliphatic heterocycles. The Morgan fingerprint density at radius 3 is 2.68 bits per heavy atom. The lowest BCUT2D eigenvalue weighted by molar-refractivity contribution is -0.124. The number of methoxy groups -OCH3 is 1. The van der Waals surface area contributed by atoms with Gasteiger partial charge in [0, 0.05) is 26.4 Å². The molecule has 1 aliphatic rings. The van der Waals surface area contributed by atoms with E-state index in [2.05, 4.69) is 5.32 Å². The second-order valence-corrected chi connectivity index (χ2v) is 7.26. The third kappa shape index (κ3) is 3.40. The van der Waals surface area contributed by atoms with Gasteiger partial charge in [0.1, 0.15) is 16.7 Å². The second kappa shape index (κ2) is 6.64. The zero-order valence-electron chi connectivity index (χ0n) is 12.8. The molecule has 2 rings (SSSR count). The minimum absolute atomic E-state index is 0.00476. The molecule has 8 heteroatoms. The molecule has 1 aromatic carbocycles. The van der Waals surface area contributed by atoms with E-state index in [4.69, 9.17) is 9.47 Å². The Hall–Kier alpha value is -1.64. The number of ether oxygens (including phenoxy) is 2. The number of sulfonamides is 1. The number of nitrogens with one attached hydrogen (secondary N) is 1. The Morgan fingerprint density at radius 1 is 1.41 bits per heavy atom. The van der Waals surface area contributed by atoms with Crippen LogP contribution in [0.1, 0.15) is 12.8 Å². The summed E-state index contributed by atoms with van der Waals surface area (Å²) in [5.41, 5.74) is 0.390. The molecule has 1 fully saturated rings. The number of hydrogen-bond donors (Lipinski definition) is 1. The van der Waals surface area contributed by atoms with Crippen LogP contribution in [0.5, 0.6) is 5.75 Å². The first-order valence-corrected chi connectivity index (χ1v) is 8.33. The standard InChI is InChI=1S/C14H20N2O5S/c1-16(2)22(18,19)13-9-10(6-7-11(13)20-3)15-14(17)12-5-4-8-21-12/h6-7,9,12H,4-5,8H2,1-3H3,(H,15,17). The van der Waals surface area contributed by atoms with Gasteiger partial charge in [-0.2, -0.15) is 0 Å². The number of carbonyl (C=O) groups is 1. The fraction of sp³-hybridized carbons (Fsp3) is 0.500. The zero-order chi connectivity index (χ0) is 16.3. The highest BCUT2D eigenvalue weighted by Crippen LogP contribution is 2.29. The van der Waals surface area contributed by atoms with E-state index in [1.165, 1.54) is 33.3 Å². The Bertz CT molecular complexity index is 651. The molecule has 0 aliphatic carbocycles. The molecule has 1 atom stereocenters. The van der Waals surface area contributed by atoms with E-state index < -0.39 is 16.1 Å². The zero-order valence-corrected chi connectivity index (χ0v) is 13.6. The first-order valence-electron chi connectivity index (χ1n) is 6.89. The number of nitrogens with zero attached hydrogens (tertiary/aromatic N) is 1. The monoisotopic (exact) mass is 328 g/mol. The highest BCUT2D eigenvalue weighted by molar-refractivity contribution is 7.89. The fourth-order valence-corrected chi connectivity index (χ4v) is 3.23. The van der Waals surface area contributed by atoms with Crippen molar-refractivity contribution < 1.29 is 22.7 Å². The van der Waals surface area contributed by atoms with Crippen molar-refractivity contribution in [2.45, 2.75) is 23.8 Å². The smallest absolute Gasteiger partial charge is 0.253 e. The van der Waals surface area contributed by atoms with Crippen molar-refractivity contribution in [3.63, 3.8) is 0 Å². The molecule has 0 saturated carbocycles. The Kier molecular flexibility index (Phi) is 5.05. The normalized spacial score (nSPS) is 18.5. The van der Waals surface area contributed by atoms with Gasteiger partial charge in [0.2, 0.25) is 10.0 Å². The van der Waals surface area contributed by atoms with Crippen LogP contribution in [0.4, 0.5) is 5.69 Å². The summed E-state index contributed by atoms with van der Waals surface area (Å²) in [5.74, 6) is -0.0420. The summed E-state index contributed by atoms with van der Waals surface area (Å²) in [6, 6.07) is 4.50. The van der Waals surface area contributed by atoms with Crippen LogP contribution in [-0.4, -0.2) is 52.5 Å². The van der Waals surface area contributed by atoms with Crippen LogP contribution in [0.25, 0.3) is 0 Å². The quantitative estimate of drug-likeness (QED) is 0.874. The van der Waals surface area contributed by atoms with Crippen molar-refractivity contribution in [3.05, 3.63) is 18.2 Å². The van der Waals surface area contributed by atoms with E-state index in [9.17, 15) is 13.2 Å². The summed E-state index contributed by atoms with van der Waals surface area (Å²) < 4.78 is 36.1. The van der Waals surface area contributed by atoms with Gasteiger partial charge in [-0.1, -0.05) is 0 Å². The van der Waals surface area contributed by atoms with Crippen molar-refractivity contribution in [2.24, 2.45) is 0 Å². The van der Waals surface area contributed by atoms with Crippen LogP contribution >= 0.6 is 0 Å². The van der Waals surface area contributed by atoms with Crippen LogP contribution in [0.2, 0.25) is 0 Å². The van der Waals surface area contributed by atoms with Gasteiger partial charge in [-0.15, -0.1) is 0 Å². The third-order valence-corrected chi connectivity index (χ3v) is 5.25. The maximum absolute atomic E-state index is 12.3. The lowest BCUT2D eigenvalue weighted by atomic mass is 10.2. The van der Waals surface area contributed by atoms with Gasteiger partial charge >= 0.3 is 0 Å². The van der Waals surface area contributed by atoms with E-state index in [1.54, 1.807) is 6.07 Å². The number of benzene rings is 1. The predicted molar refractivity (Wildman–Crippen MR) is 81.5 cm³/mol. The Morgan fingerprint density at radius 2 is 2.14 bits per heavy atom. The summed E-state index contributed by atoms with van der Waals surface area (Å²) >= 11 is 0. The molecule has 1 amide bonds. The van der Waals surface area contributed by atoms with Gasteiger partial charge in [-0.25, -0.2) is 12.7 Å². The summed E-state index contributed by atoms with van der Waals surface area (Å²) in [5, 5.41) is 2.68. The summed E-state index contributed by atoms with van der Waals surface area (Å²) in [6.07, 6.45) is 1.04. The molecule has 0 spiro atoms. The number of anilines is 1. The average Bonchev–Trinajstić information content (AvgIpc) is 3.01. The predicted octanol–water partition coefficient (Wildman–Crippen LogP) is 1.06. The molecular weight excluding hydrogens is 308 g/mol. The first-order chi connectivity index (χ1) is 10.4. The topological polar surface area (TPSA) is 84.9 Å². The molecule has 1 unspecified atom stereocenters. The Balaban J connectivity index is 2.29. The van der Waals surface area contributed by atoms with Crippen LogP contribution in [0.15, 0.2) is 23.1 Å². The number of carbonyl (C=O) groups excluding carboxylic acids is 1. The van der Waals surface area contributed by atoms with E-state index >= 15 is 0 Å². The van der Waals surface area contributed by atoms with Gasteiger partial charge in [0.25, 0.3) is 5.91 Å². The van der Waals surface area contributed by atoms with Crippen molar-refractivity contribution in [1.82, 2.24) is 4.31 Å². The minimum atomic E-state index is -3.67. The van der Waals surface area contributed by atoms with Gasteiger partial charge in [0.15, 0.2) is 0 Å². The van der Waals surface area contributed by atoms with Gasteiger partial charge in [-0.3, -0.25) is 4.79 Å². The van der Waals surface area contributed by atoms with E-state index in [0.29, 0.717) is 18.7 Å². The van der Waals surface area contributed by atoms with Crippen LogP contribution in [0, 0.1) is 0 Å². The highest BCUT2D eigenvalue weighted by atomic mass is 32.2. The lowest BCUT2D eigenvalue weighted by Crippen LogP contribution is -2.27. The molecule has 1 heterocycles. The SMILES string of the molecule is COc1ccc(NC(=O)C2CCCO2)cc1S(=O)(=O)N(C)C. The minimum Gasteiger partial charge on any atom is -0.495 e. The van der Waals surface area contributed by atoms with Gasteiger partial charge in [0.05, 0.1) is 7.11 Å². The summed E-state index contributed by atoms with van der Waals surface area (Å²) in [6.45, 7) is 0.570. The molecule has 1 saturated heterocycles. The van der Waals surface area contributed by atoms with Crippen molar-refractivity contribution >= 4 is 21.6 Å². The summed E-state index contributed by atoms with van der Waals surface area (Å²) in [4.78, 5) is 12.0. The molecule has 1 N–H and O–H groups in total. The molecule has 22 heavy (non-hydrogen) atoms. The fourth-order valence-electron chi connectivity index (χ4n) is 2.16. The average molecular weight is 328 g/mol. The molecule has 1 aromatic rings. The third-order valence-electron chi connectivity index (χ3n) is 3.41. The van der Waals surface area contributed by atoms with E-state index in [-0.39, 0.29) is 16.6 Å². The van der Waals surface area contributed by atoms with Crippen LogP contribution in [0.3, 0.4) is 0 Å². The Labute approximate surface area is 130 Å². The number of hydrogen-bond acceptors (Lipinski definition) is 5.